The highest BCUT2D eigenvalue weighted by Gasteiger charge is 2.31. The van der Waals surface area contributed by atoms with E-state index < -0.39 is 17.3 Å². The Hall–Kier alpha value is -2.33. The van der Waals surface area contributed by atoms with Crippen LogP contribution in [0.2, 0.25) is 5.02 Å². The molecule has 1 amide bonds. The van der Waals surface area contributed by atoms with E-state index in [0.717, 1.165) is 5.56 Å². The summed E-state index contributed by atoms with van der Waals surface area (Å²) in [6, 6.07) is 14.1. The summed E-state index contributed by atoms with van der Waals surface area (Å²) in [6.45, 7) is 5.24. The highest BCUT2D eigenvalue weighted by Crippen LogP contribution is 2.31. The molecule has 0 bridgehead atoms. The Balaban J connectivity index is 2.17. The van der Waals surface area contributed by atoms with Gasteiger partial charge in [0.2, 0.25) is 5.91 Å². The van der Waals surface area contributed by atoms with Crippen molar-refractivity contribution < 1.29 is 14.7 Å². The van der Waals surface area contributed by atoms with Crippen LogP contribution in [0.4, 0.5) is 5.69 Å². The van der Waals surface area contributed by atoms with Crippen molar-refractivity contribution in [3.8, 4) is 0 Å². The molecule has 4 nitrogen and oxygen atoms in total. The van der Waals surface area contributed by atoms with Gasteiger partial charge in [-0.1, -0.05) is 41.9 Å². The number of carbonyl (C=O) groups is 2. The Morgan fingerprint density at radius 1 is 1.08 bits per heavy atom. The largest absolute Gasteiger partial charge is 0.481 e. The van der Waals surface area contributed by atoms with E-state index in [9.17, 15) is 9.59 Å². The number of carboxylic acids is 1. The van der Waals surface area contributed by atoms with Crippen molar-refractivity contribution in [2.75, 3.05) is 5.32 Å². The summed E-state index contributed by atoms with van der Waals surface area (Å²) in [7, 11) is 0. The molecule has 2 rings (SSSR count). The number of benzene rings is 2. The van der Waals surface area contributed by atoms with Crippen LogP contribution in [0.25, 0.3) is 0 Å². The van der Waals surface area contributed by atoms with Gasteiger partial charge in [-0.25, -0.2) is 0 Å². The number of nitrogens with one attached hydrogen (secondary N) is 1. The Morgan fingerprint density at radius 3 is 2.21 bits per heavy atom. The highest BCUT2D eigenvalue weighted by molar-refractivity contribution is 6.31. The summed E-state index contributed by atoms with van der Waals surface area (Å²) in [6.07, 6.45) is 0. The number of rotatable bonds is 5. The Bertz CT molecular complexity index is 753. The standard InChI is InChI=1S/C19H20ClNO3/c1-12(17(22)23)13-8-10-14(11-9-13)21-18(24)19(2,3)15-6-4-5-7-16(15)20/h4-12H,1-3H3,(H,21,24)(H,22,23). The molecule has 0 aromatic heterocycles. The number of anilines is 1. The Kier molecular flexibility index (Phi) is 5.30. The fourth-order valence-electron chi connectivity index (χ4n) is 2.38. The van der Waals surface area contributed by atoms with E-state index in [1.165, 1.54) is 0 Å². The molecule has 0 heterocycles. The molecule has 2 aromatic carbocycles. The van der Waals surface area contributed by atoms with Crippen LogP contribution < -0.4 is 5.32 Å². The van der Waals surface area contributed by atoms with Gasteiger partial charge in [0.15, 0.2) is 0 Å². The van der Waals surface area contributed by atoms with Crippen LogP contribution >= 0.6 is 11.6 Å². The summed E-state index contributed by atoms with van der Waals surface area (Å²) in [5.74, 6) is -1.66. The highest BCUT2D eigenvalue weighted by atomic mass is 35.5. The molecule has 0 saturated carbocycles. The lowest BCUT2D eigenvalue weighted by atomic mass is 9.83. The lowest BCUT2D eigenvalue weighted by Crippen LogP contribution is -2.35. The third-order valence-corrected chi connectivity index (χ3v) is 4.48. The molecule has 0 aliphatic heterocycles. The average Bonchev–Trinajstić information content (AvgIpc) is 2.55. The van der Waals surface area contributed by atoms with Crippen molar-refractivity contribution >= 4 is 29.2 Å². The fraction of sp³-hybridized carbons (Fsp3) is 0.263. The first kappa shape index (κ1) is 18.0. The van der Waals surface area contributed by atoms with E-state index in [0.29, 0.717) is 16.3 Å². The van der Waals surface area contributed by atoms with Gasteiger partial charge in [0.25, 0.3) is 0 Å². The van der Waals surface area contributed by atoms with Crippen LogP contribution in [0.5, 0.6) is 0 Å². The summed E-state index contributed by atoms with van der Waals surface area (Å²) in [5, 5.41) is 12.4. The zero-order valence-electron chi connectivity index (χ0n) is 13.8. The first-order valence-electron chi connectivity index (χ1n) is 7.62. The van der Waals surface area contributed by atoms with E-state index in [-0.39, 0.29) is 5.91 Å². The number of carboxylic acid groups (broad SMARTS) is 1. The molecule has 0 fully saturated rings. The van der Waals surface area contributed by atoms with Crippen molar-refractivity contribution in [1.29, 1.82) is 0 Å². The summed E-state index contributed by atoms with van der Waals surface area (Å²) < 4.78 is 0. The van der Waals surface area contributed by atoms with Gasteiger partial charge in [-0.05, 0) is 50.1 Å². The summed E-state index contributed by atoms with van der Waals surface area (Å²) in [4.78, 5) is 23.7. The minimum absolute atomic E-state index is 0.186. The maximum atomic E-state index is 12.7. The lowest BCUT2D eigenvalue weighted by molar-refractivity contribution is -0.138. The second kappa shape index (κ2) is 7.05. The lowest BCUT2D eigenvalue weighted by Gasteiger charge is -2.25. The first-order valence-corrected chi connectivity index (χ1v) is 8.00. The van der Waals surface area contributed by atoms with Gasteiger partial charge in [0.1, 0.15) is 0 Å². The van der Waals surface area contributed by atoms with Crippen molar-refractivity contribution in [3.63, 3.8) is 0 Å². The summed E-state index contributed by atoms with van der Waals surface area (Å²) >= 11 is 6.21. The van der Waals surface area contributed by atoms with E-state index in [1.807, 2.05) is 32.0 Å². The van der Waals surface area contributed by atoms with Gasteiger partial charge in [-0.2, -0.15) is 0 Å². The van der Waals surface area contributed by atoms with Crippen LogP contribution in [0.1, 0.15) is 37.8 Å². The molecule has 5 heteroatoms. The van der Waals surface area contributed by atoms with Crippen molar-refractivity contribution in [2.24, 2.45) is 0 Å². The van der Waals surface area contributed by atoms with Crippen LogP contribution in [-0.2, 0) is 15.0 Å². The summed E-state index contributed by atoms with van der Waals surface area (Å²) in [5.41, 5.74) is 1.25. The smallest absolute Gasteiger partial charge is 0.310 e. The van der Waals surface area contributed by atoms with Crippen molar-refractivity contribution in [2.45, 2.75) is 32.1 Å². The SMILES string of the molecule is CC(C(=O)O)c1ccc(NC(=O)C(C)(C)c2ccccc2Cl)cc1. The van der Waals surface area contributed by atoms with Crippen LogP contribution in [-0.4, -0.2) is 17.0 Å². The second-order valence-corrected chi connectivity index (χ2v) is 6.65. The van der Waals surface area contributed by atoms with Crippen LogP contribution in [0.3, 0.4) is 0 Å². The van der Waals surface area contributed by atoms with Crippen LogP contribution in [0.15, 0.2) is 48.5 Å². The van der Waals surface area contributed by atoms with Crippen molar-refractivity contribution in [3.05, 3.63) is 64.7 Å². The third kappa shape index (κ3) is 3.77. The molecule has 1 unspecified atom stereocenters. The Morgan fingerprint density at radius 2 is 1.67 bits per heavy atom. The van der Waals surface area contributed by atoms with Gasteiger partial charge in [0.05, 0.1) is 11.3 Å². The molecule has 2 N–H and O–H groups in total. The van der Waals surface area contributed by atoms with Gasteiger partial charge in [0, 0.05) is 10.7 Å². The number of hydrogen-bond acceptors (Lipinski definition) is 2. The maximum Gasteiger partial charge on any atom is 0.310 e. The fourth-order valence-corrected chi connectivity index (χ4v) is 2.75. The molecule has 1 atom stereocenters. The first-order chi connectivity index (χ1) is 11.2. The predicted molar refractivity (Wildman–Crippen MR) is 95.6 cm³/mol. The minimum atomic E-state index is -0.883. The Labute approximate surface area is 146 Å². The van der Waals surface area contributed by atoms with Crippen LogP contribution in [0, 0.1) is 0 Å². The number of hydrogen-bond donors (Lipinski definition) is 2. The molecule has 24 heavy (non-hydrogen) atoms. The van der Waals surface area contributed by atoms with Gasteiger partial charge in [-0.15, -0.1) is 0 Å². The molecule has 0 spiro atoms. The molecule has 2 aromatic rings. The van der Waals surface area contributed by atoms with Gasteiger partial charge < -0.3 is 10.4 Å². The molecule has 126 valence electrons. The topological polar surface area (TPSA) is 66.4 Å². The van der Waals surface area contributed by atoms with Gasteiger partial charge >= 0.3 is 5.97 Å². The average molecular weight is 346 g/mol. The second-order valence-electron chi connectivity index (χ2n) is 6.24. The quantitative estimate of drug-likeness (QED) is 0.841. The monoisotopic (exact) mass is 345 g/mol. The molecule has 0 aliphatic carbocycles. The molecule has 0 saturated heterocycles. The van der Waals surface area contributed by atoms with E-state index >= 15 is 0 Å². The zero-order valence-corrected chi connectivity index (χ0v) is 14.6. The predicted octanol–water partition coefficient (Wildman–Crippen LogP) is 4.44. The van der Waals surface area contributed by atoms with E-state index in [2.05, 4.69) is 5.32 Å². The third-order valence-electron chi connectivity index (χ3n) is 4.15. The number of amides is 1. The van der Waals surface area contributed by atoms with Crippen molar-refractivity contribution in [1.82, 2.24) is 0 Å². The minimum Gasteiger partial charge on any atom is -0.481 e. The molecular weight excluding hydrogens is 326 g/mol. The number of halogens is 1. The maximum absolute atomic E-state index is 12.7. The molecular formula is C19H20ClNO3. The molecule has 0 aliphatic rings. The van der Waals surface area contributed by atoms with E-state index in [1.54, 1.807) is 37.3 Å². The zero-order chi connectivity index (χ0) is 17.9. The van der Waals surface area contributed by atoms with Gasteiger partial charge in [-0.3, -0.25) is 9.59 Å². The normalized spacial score (nSPS) is 12.5. The number of aliphatic carboxylic acids is 1. The van der Waals surface area contributed by atoms with E-state index in [4.69, 9.17) is 16.7 Å². The number of carbonyl (C=O) groups excluding carboxylic acids is 1. The molecule has 0 radical (unpaired) electrons.